The Labute approximate surface area is 148 Å². The Balaban J connectivity index is 2.02. The SMILES string of the molecule is CCC(Oc1cccc(C)c1)C(=O)Nc1ccc(N(C)C(C)=O)cc1. The number of aryl methyl sites for hydroxylation is 1. The first-order valence-electron chi connectivity index (χ1n) is 8.29. The van der Waals surface area contributed by atoms with Gasteiger partial charge in [0.15, 0.2) is 6.10 Å². The molecule has 0 aliphatic heterocycles. The van der Waals surface area contributed by atoms with Gasteiger partial charge in [-0.3, -0.25) is 9.59 Å². The number of hydrogen-bond donors (Lipinski definition) is 1. The molecule has 132 valence electrons. The van der Waals surface area contributed by atoms with Crippen LogP contribution >= 0.6 is 0 Å². The molecule has 2 aromatic carbocycles. The zero-order valence-electron chi connectivity index (χ0n) is 15.1. The Morgan fingerprint density at radius 1 is 1.16 bits per heavy atom. The van der Waals surface area contributed by atoms with Gasteiger partial charge in [-0.15, -0.1) is 0 Å². The number of benzene rings is 2. The fourth-order valence-electron chi connectivity index (χ4n) is 2.35. The van der Waals surface area contributed by atoms with Crippen molar-refractivity contribution in [2.24, 2.45) is 0 Å². The highest BCUT2D eigenvalue weighted by molar-refractivity contribution is 5.95. The minimum absolute atomic E-state index is 0.0469. The highest BCUT2D eigenvalue weighted by Gasteiger charge is 2.18. The molecule has 0 fully saturated rings. The molecule has 0 spiro atoms. The molecule has 5 nitrogen and oxygen atoms in total. The average Bonchev–Trinajstić information content (AvgIpc) is 2.59. The van der Waals surface area contributed by atoms with Crippen LogP contribution in [-0.2, 0) is 9.59 Å². The summed E-state index contributed by atoms with van der Waals surface area (Å²) >= 11 is 0. The fourth-order valence-corrected chi connectivity index (χ4v) is 2.35. The maximum absolute atomic E-state index is 12.5. The normalized spacial score (nSPS) is 11.5. The van der Waals surface area contributed by atoms with E-state index in [2.05, 4.69) is 5.32 Å². The van der Waals surface area contributed by atoms with Crippen LogP contribution in [0.4, 0.5) is 11.4 Å². The Hall–Kier alpha value is -2.82. The van der Waals surface area contributed by atoms with Gasteiger partial charge >= 0.3 is 0 Å². The van der Waals surface area contributed by atoms with Gasteiger partial charge < -0.3 is 15.0 Å². The molecule has 0 bridgehead atoms. The molecule has 0 saturated carbocycles. The molecule has 0 aromatic heterocycles. The van der Waals surface area contributed by atoms with E-state index >= 15 is 0 Å². The van der Waals surface area contributed by atoms with Crippen LogP contribution in [0.3, 0.4) is 0 Å². The van der Waals surface area contributed by atoms with Crippen molar-refractivity contribution in [2.45, 2.75) is 33.3 Å². The van der Waals surface area contributed by atoms with E-state index < -0.39 is 6.10 Å². The molecule has 1 atom stereocenters. The zero-order chi connectivity index (χ0) is 18.4. The van der Waals surface area contributed by atoms with Crippen LogP contribution in [0.25, 0.3) is 0 Å². The standard InChI is InChI=1S/C20H24N2O3/c1-5-19(25-18-8-6-7-14(2)13-18)20(24)21-16-9-11-17(12-10-16)22(4)15(3)23/h6-13,19H,5H2,1-4H3,(H,21,24). The van der Waals surface area contributed by atoms with Crippen LogP contribution in [-0.4, -0.2) is 25.0 Å². The molecule has 25 heavy (non-hydrogen) atoms. The summed E-state index contributed by atoms with van der Waals surface area (Å²) in [5, 5.41) is 2.86. The van der Waals surface area contributed by atoms with Crippen molar-refractivity contribution in [1.82, 2.24) is 0 Å². The molecule has 0 aliphatic rings. The fraction of sp³-hybridized carbons (Fsp3) is 0.300. The number of rotatable bonds is 6. The molecule has 0 heterocycles. The molecule has 2 amide bonds. The molecule has 1 unspecified atom stereocenters. The summed E-state index contributed by atoms with van der Waals surface area (Å²) in [6.45, 7) is 5.39. The Morgan fingerprint density at radius 3 is 2.40 bits per heavy atom. The van der Waals surface area contributed by atoms with Gasteiger partial charge in [0, 0.05) is 25.3 Å². The van der Waals surface area contributed by atoms with Crippen LogP contribution < -0.4 is 15.0 Å². The van der Waals surface area contributed by atoms with E-state index in [1.54, 1.807) is 36.2 Å². The van der Waals surface area contributed by atoms with Crippen LogP contribution in [0.2, 0.25) is 0 Å². The summed E-state index contributed by atoms with van der Waals surface area (Å²) in [6, 6.07) is 14.8. The lowest BCUT2D eigenvalue weighted by molar-refractivity contribution is -0.122. The quantitative estimate of drug-likeness (QED) is 0.871. The number of hydrogen-bond acceptors (Lipinski definition) is 3. The molecule has 1 N–H and O–H groups in total. The third kappa shape index (κ3) is 5.08. The first kappa shape index (κ1) is 18.5. The van der Waals surface area contributed by atoms with Gasteiger partial charge in [-0.2, -0.15) is 0 Å². The first-order valence-corrected chi connectivity index (χ1v) is 8.29. The molecule has 0 saturated heterocycles. The minimum Gasteiger partial charge on any atom is -0.481 e. The molecule has 5 heteroatoms. The first-order chi connectivity index (χ1) is 11.9. The highest BCUT2D eigenvalue weighted by Crippen LogP contribution is 2.19. The molecule has 2 rings (SSSR count). The zero-order valence-corrected chi connectivity index (χ0v) is 15.1. The number of carbonyl (C=O) groups excluding carboxylic acids is 2. The van der Waals surface area contributed by atoms with Gasteiger partial charge in [0.1, 0.15) is 5.75 Å². The summed E-state index contributed by atoms with van der Waals surface area (Å²) in [5.74, 6) is 0.437. The van der Waals surface area contributed by atoms with Crippen LogP contribution in [0, 0.1) is 6.92 Å². The third-order valence-electron chi connectivity index (χ3n) is 3.93. The maximum atomic E-state index is 12.5. The van der Waals surface area contributed by atoms with Crippen LogP contribution in [0.5, 0.6) is 5.75 Å². The van der Waals surface area contributed by atoms with E-state index in [4.69, 9.17) is 4.74 Å². The Kier molecular flexibility index (Phi) is 6.17. The number of nitrogens with one attached hydrogen (secondary N) is 1. The monoisotopic (exact) mass is 340 g/mol. The van der Waals surface area contributed by atoms with Crippen molar-refractivity contribution in [3.05, 3.63) is 54.1 Å². The highest BCUT2D eigenvalue weighted by atomic mass is 16.5. The predicted molar refractivity (Wildman–Crippen MR) is 100 cm³/mol. The summed E-state index contributed by atoms with van der Waals surface area (Å²) < 4.78 is 5.81. The van der Waals surface area contributed by atoms with E-state index in [1.807, 2.05) is 38.1 Å². The largest absolute Gasteiger partial charge is 0.481 e. The second-order valence-electron chi connectivity index (χ2n) is 5.95. The topological polar surface area (TPSA) is 58.6 Å². The number of carbonyl (C=O) groups is 2. The van der Waals surface area contributed by atoms with Crippen molar-refractivity contribution < 1.29 is 14.3 Å². The molecule has 2 aromatic rings. The van der Waals surface area contributed by atoms with Crippen molar-refractivity contribution in [3.63, 3.8) is 0 Å². The summed E-state index contributed by atoms with van der Waals surface area (Å²) in [6.07, 6.45) is -0.00773. The van der Waals surface area contributed by atoms with Crippen LogP contribution in [0.15, 0.2) is 48.5 Å². The van der Waals surface area contributed by atoms with Crippen molar-refractivity contribution in [3.8, 4) is 5.75 Å². The summed E-state index contributed by atoms with van der Waals surface area (Å²) in [7, 11) is 1.71. The second kappa shape index (κ2) is 8.33. The third-order valence-corrected chi connectivity index (χ3v) is 3.93. The van der Waals surface area contributed by atoms with Crippen LogP contribution in [0.1, 0.15) is 25.8 Å². The van der Waals surface area contributed by atoms with Crippen molar-refractivity contribution in [1.29, 1.82) is 0 Å². The lowest BCUT2D eigenvalue weighted by atomic mass is 10.2. The van der Waals surface area contributed by atoms with Gasteiger partial charge in [-0.25, -0.2) is 0 Å². The van der Waals surface area contributed by atoms with Gasteiger partial charge in [-0.05, 0) is 55.3 Å². The Morgan fingerprint density at radius 2 is 1.84 bits per heavy atom. The minimum atomic E-state index is -0.568. The van der Waals surface area contributed by atoms with E-state index in [1.165, 1.54) is 6.92 Å². The molecule has 0 aliphatic carbocycles. The van der Waals surface area contributed by atoms with E-state index in [9.17, 15) is 9.59 Å². The number of nitrogens with zero attached hydrogens (tertiary/aromatic N) is 1. The molecule has 0 radical (unpaired) electrons. The number of amides is 2. The number of anilines is 2. The van der Waals surface area contributed by atoms with E-state index in [0.29, 0.717) is 17.9 Å². The predicted octanol–water partition coefficient (Wildman–Crippen LogP) is 3.77. The van der Waals surface area contributed by atoms with E-state index in [-0.39, 0.29) is 11.8 Å². The maximum Gasteiger partial charge on any atom is 0.265 e. The smallest absolute Gasteiger partial charge is 0.265 e. The summed E-state index contributed by atoms with van der Waals surface area (Å²) in [5.41, 5.74) is 2.52. The number of ether oxygens (including phenoxy) is 1. The van der Waals surface area contributed by atoms with Crippen molar-refractivity contribution in [2.75, 3.05) is 17.3 Å². The molecular formula is C20H24N2O3. The Bertz CT molecular complexity index is 741. The van der Waals surface area contributed by atoms with Crippen molar-refractivity contribution >= 4 is 23.2 Å². The lowest BCUT2D eigenvalue weighted by Crippen LogP contribution is -2.32. The van der Waals surface area contributed by atoms with Gasteiger partial charge in [-0.1, -0.05) is 19.1 Å². The van der Waals surface area contributed by atoms with Gasteiger partial charge in [0.05, 0.1) is 0 Å². The lowest BCUT2D eigenvalue weighted by Gasteiger charge is -2.18. The second-order valence-corrected chi connectivity index (χ2v) is 5.95. The summed E-state index contributed by atoms with van der Waals surface area (Å²) in [4.78, 5) is 25.4. The van der Waals surface area contributed by atoms with Gasteiger partial charge in [0.25, 0.3) is 5.91 Å². The van der Waals surface area contributed by atoms with Gasteiger partial charge in [0.2, 0.25) is 5.91 Å². The van der Waals surface area contributed by atoms with E-state index in [0.717, 1.165) is 11.3 Å². The molecular weight excluding hydrogens is 316 g/mol. The average molecular weight is 340 g/mol.